The minimum absolute atomic E-state index is 0.0906. The minimum atomic E-state index is -0.257. The van der Waals surface area contributed by atoms with Crippen LogP contribution < -0.4 is 15.6 Å². The highest BCUT2D eigenvalue weighted by molar-refractivity contribution is 5.77. The number of hydrogen-bond acceptors (Lipinski definition) is 5. The molecule has 0 fully saturated rings. The minimum Gasteiger partial charge on any atom is -0.482 e. The molecule has 1 N–H and O–H groups in total. The fraction of sp³-hybridized carbons (Fsp3) is 0.286. The summed E-state index contributed by atoms with van der Waals surface area (Å²) in [7, 11) is 0. The summed E-state index contributed by atoms with van der Waals surface area (Å²) in [6.45, 7) is 2.31. The number of hydrogen-bond donors (Lipinski definition) is 1. The lowest BCUT2D eigenvalue weighted by Gasteiger charge is -2.08. The number of nitrogens with zero attached hydrogens (tertiary/aromatic N) is 3. The predicted octanol–water partition coefficient (Wildman–Crippen LogP) is 0.142. The zero-order valence-corrected chi connectivity index (χ0v) is 11.7. The van der Waals surface area contributed by atoms with Gasteiger partial charge in [0.05, 0.1) is 12.5 Å². The molecule has 0 unspecified atom stereocenters. The summed E-state index contributed by atoms with van der Waals surface area (Å²) in [4.78, 5) is 31.2. The van der Waals surface area contributed by atoms with E-state index in [1.54, 1.807) is 25.3 Å². The molecule has 0 aliphatic heterocycles. The summed E-state index contributed by atoms with van der Waals surface area (Å²) in [5.41, 5.74) is 0.467. The Morgan fingerprint density at radius 2 is 2.24 bits per heavy atom. The molecule has 21 heavy (non-hydrogen) atoms. The van der Waals surface area contributed by atoms with Gasteiger partial charge in [-0.15, -0.1) is 0 Å². The van der Waals surface area contributed by atoms with Crippen LogP contribution in [0.5, 0.6) is 5.75 Å². The number of pyridine rings is 1. The zero-order valence-electron chi connectivity index (χ0n) is 11.7. The Labute approximate surface area is 121 Å². The molecule has 0 atom stereocenters. The highest BCUT2D eigenvalue weighted by Gasteiger charge is 2.03. The van der Waals surface area contributed by atoms with E-state index in [4.69, 9.17) is 4.74 Å². The number of rotatable bonds is 6. The van der Waals surface area contributed by atoms with Crippen LogP contribution >= 0.6 is 0 Å². The highest BCUT2D eigenvalue weighted by atomic mass is 16.5. The van der Waals surface area contributed by atoms with E-state index < -0.39 is 0 Å². The molecule has 0 radical (unpaired) electrons. The number of aryl methyl sites for hydroxylation is 1. The largest absolute Gasteiger partial charge is 0.482 e. The molecule has 7 heteroatoms. The summed E-state index contributed by atoms with van der Waals surface area (Å²) in [6.07, 6.45) is 6.12. The van der Waals surface area contributed by atoms with Gasteiger partial charge in [0, 0.05) is 31.0 Å². The molecule has 2 aromatic rings. The summed E-state index contributed by atoms with van der Waals surface area (Å²) in [6, 6.07) is 3.45. The van der Waals surface area contributed by atoms with Crippen LogP contribution in [0.1, 0.15) is 5.56 Å². The number of nitrogens with one attached hydrogen (secondary N) is 1. The zero-order chi connectivity index (χ0) is 15.1. The maximum absolute atomic E-state index is 11.7. The maximum atomic E-state index is 11.7. The SMILES string of the molecule is Cc1cncn(CCNC(=O)COc2cccnc2)c1=O. The van der Waals surface area contributed by atoms with Gasteiger partial charge in [-0.2, -0.15) is 0 Å². The first kappa shape index (κ1) is 14.7. The van der Waals surface area contributed by atoms with Gasteiger partial charge in [-0.25, -0.2) is 4.98 Å². The molecular formula is C14H16N4O3. The van der Waals surface area contributed by atoms with Crippen molar-refractivity contribution < 1.29 is 9.53 Å². The lowest BCUT2D eigenvalue weighted by atomic mass is 10.4. The van der Waals surface area contributed by atoms with E-state index in [0.29, 0.717) is 24.4 Å². The van der Waals surface area contributed by atoms with Crippen molar-refractivity contribution in [1.82, 2.24) is 19.9 Å². The van der Waals surface area contributed by atoms with Gasteiger partial charge < -0.3 is 10.1 Å². The van der Waals surface area contributed by atoms with Crippen LogP contribution in [-0.4, -0.2) is 33.6 Å². The normalized spacial score (nSPS) is 10.1. The molecule has 7 nitrogen and oxygen atoms in total. The first-order chi connectivity index (χ1) is 10.2. The van der Waals surface area contributed by atoms with Gasteiger partial charge in [0.15, 0.2) is 6.61 Å². The lowest BCUT2D eigenvalue weighted by Crippen LogP contribution is -2.34. The molecule has 2 rings (SSSR count). The predicted molar refractivity (Wildman–Crippen MR) is 76.0 cm³/mol. The second-order valence-electron chi connectivity index (χ2n) is 4.40. The number of carbonyl (C=O) groups excluding carboxylic acids is 1. The Bertz CT molecular complexity index is 655. The standard InChI is InChI=1S/C14H16N4O3/c1-11-7-16-10-18(14(11)20)6-5-17-13(19)9-21-12-3-2-4-15-8-12/h2-4,7-8,10H,5-6,9H2,1H3,(H,17,19). The quantitative estimate of drug-likeness (QED) is 0.817. The average molecular weight is 288 g/mol. The molecule has 0 saturated heterocycles. The van der Waals surface area contributed by atoms with Crippen LogP contribution in [-0.2, 0) is 11.3 Å². The van der Waals surface area contributed by atoms with Crippen LogP contribution in [0.25, 0.3) is 0 Å². The van der Waals surface area contributed by atoms with Crippen molar-refractivity contribution in [2.75, 3.05) is 13.2 Å². The van der Waals surface area contributed by atoms with E-state index in [2.05, 4.69) is 15.3 Å². The van der Waals surface area contributed by atoms with Gasteiger partial charge in [0.25, 0.3) is 11.5 Å². The second-order valence-corrected chi connectivity index (χ2v) is 4.40. The van der Waals surface area contributed by atoms with Crippen molar-refractivity contribution in [3.8, 4) is 5.75 Å². The third kappa shape index (κ3) is 4.41. The van der Waals surface area contributed by atoms with Gasteiger partial charge >= 0.3 is 0 Å². The molecule has 0 aromatic carbocycles. The Hall–Kier alpha value is -2.70. The summed E-state index contributed by atoms with van der Waals surface area (Å²) in [5.74, 6) is 0.277. The van der Waals surface area contributed by atoms with Gasteiger partial charge in [-0.1, -0.05) is 0 Å². The summed E-state index contributed by atoms with van der Waals surface area (Å²) < 4.78 is 6.71. The second kappa shape index (κ2) is 7.18. The van der Waals surface area contributed by atoms with Crippen LogP contribution in [0.15, 0.2) is 41.8 Å². The van der Waals surface area contributed by atoms with Crippen LogP contribution in [0.4, 0.5) is 0 Å². The molecule has 0 spiro atoms. The van der Waals surface area contributed by atoms with Crippen molar-refractivity contribution in [1.29, 1.82) is 0 Å². The topological polar surface area (TPSA) is 86.1 Å². The average Bonchev–Trinajstić information content (AvgIpc) is 2.50. The van der Waals surface area contributed by atoms with E-state index in [0.717, 1.165) is 0 Å². The van der Waals surface area contributed by atoms with Crippen molar-refractivity contribution >= 4 is 5.91 Å². The number of carbonyl (C=O) groups is 1. The number of aromatic nitrogens is 3. The Morgan fingerprint density at radius 3 is 3.00 bits per heavy atom. The highest BCUT2D eigenvalue weighted by Crippen LogP contribution is 2.05. The van der Waals surface area contributed by atoms with Gasteiger partial charge in [0.2, 0.25) is 0 Å². The number of ether oxygens (including phenoxy) is 1. The van der Waals surface area contributed by atoms with E-state index in [1.807, 2.05) is 0 Å². The molecule has 0 aliphatic carbocycles. The molecule has 110 valence electrons. The third-order valence-corrected chi connectivity index (χ3v) is 2.75. The maximum Gasteiger partial charge on any atom is 0.258 e. The Balaban J connectivity index is 1.74. The molecule has 2 heterocycles. The summed E-state index contributed by atoms with van der Waals surface area (Å²) >= 11 is 0. The van der Waals surface area contributed by atoms with Crippen molar-refractivity contribution in [2.45, 2.75) is 13.5 Å². The van der Waals surface area contributed by atoms with Crippen LogP contribution in [0, 0.1) is 6.92 Å². The van der Waals surface area contributed by atoms with E-state index in [9.17, 15) is 9.59 Å². The van der Waals surface area contributed by atoms with Crippen LogP contribution in [0.3, 0.4) is 0 Å². The van der Waals surface area contributed by atoms with Crippen LogP contribution in [0.2, 0.25) is 0 Å². The molecule has 0 bridgehead atoms. The van der Waals surface area contributed by atoms with Gasteiger partial charge in [-0.05, 0) is 19.1 Å². The molecular weight excluding hydrogens is 272 g/mol. The first-order valence-electron chi connectivity index (χ1n) is 6.47. The van der Waals surface area contributed by atoms with Crippen molar-refractivity contribution in [3.05, 3.63) is 53.0 Å². The van der Waals surface area contributed by atoms with E-state index >= 15 is 0 Å². The summed E-state index contributed by atoms with van der Waals surface area (Å²) in [5, 5.41) is 2.68. The molecule has 0 aliphatic rings. The Morgan fingerprint density at radius 1 is 1.38 bits per heavy atom. The Kier molecular flexibility index (Phi) is 5.03. The van der Waals surface area contributed by atoms with Crippen molar-refractivity contribution in [2.24, 2.45) is 0 Å². The van der Waals surface area contributed by atoms with E-state index in [-0.39, 0.29) is 18.1 Å². The fourth-order valence-corrected chi connectivity index (χ4v) is 1.67. The monoisotopic (exact) mass is 288 g/mol. The van der Waals surface area contributed by atoms with Gasteiger partial charge in [0.1, 0.15) is 5.75 Å². The number of amides is 1. The molecule has 0 saturated carbocycles. The van der Waals surface area contributed by atoms with Crippen molar-refractivity contribution in [3.63, 3.8) is 0 Å². The molecule has 1 amide bonds. The molecule has 2 aromatic heterocycles. The van der Waals surface area contributed by atoms with E-state index in [1.165, 1.54) is 23.3 Å². The smallest absolute Gasteiger partial charge is 0.258 e. The van der Waals surface area contributed by atoms with Gasteiger partial charge in [-0.3, -0.25) is 19.1 Å². The third-order valence-electron chi connectivity index (χ3n) is 2.75. The fourth-order valence-electron chi connectivity index (χ4n) is 1.67. The first-order valence-corrected chi connectivity index (χ1v) is 6.47. The lowest BCUT2D eigenvalue weighted by molar-refractivity contribution is -0.123.